The number of aliphatic hydroxyl groups is 1. The van der Waals surface area contributed by atoms with Crippen LogP contribution >= 0.6 is 11.6 Å². The molecule has 0 fully saturated rings. The first-order chi connectivity index (χ1) is 6.97. The normalized spacial score (nSPS) is 12.6. The maximum absolute atomic E-state index is 13.2. The third-order valence-electron chi connectivity index (χ3n) is 1.95. The standard InChI is InChI=1S/C10H12ClFO3/c1-5(13)3-6-9(11)7(12)4-8(14)10(6)15-2/h4-5,13-14H,3H2,1-2H3. The van der Waals surface area contributed by atoms with Crippen LogP contribution in [0.1, 0.15) is 12.5 Å². The van der Waals surface area contributed by atoms with Crippen LogP contribution in [0.15, 0.2) is 6.07 Å². The van der Waals surface area contributed by atoms with Gasteiger partial charge < -0.3 is 14.9 Å². The number of phenolic OH excluding ortho intramolecular Hbond substituents is 1. The van der Waals surface area contributed by atoms with Crippen LogP contribution in [0.4, 0.5) is 4.39 Å². The molecule has 0 amide bonds. The van der Waals surface area contributed by atoms with Gasteiger partial charge in [-0.15, -0.1) is 0 Å². The molecule has 0 aromatic heterocycles. The summed E-state index contributed by atoms with van der Waals surface area (Å²) in [5.74, 6) is -0.956. The lowest BCUT2D eigenvalue weighted by Gasteiger charge is -2.13. The Balaban J connectivity index is 3.30. The molecule has 1 aromatic rings. The summed E-state index contributed by atoms with van der Waals surface area (Å²) in [6, 6.07) is 0.882. The van der Waals surface area contributed by atoms with Gasteiger partial charge in [-0.3, -0.25) is 0 Å². The second-order valence-corrected chi connectivity index (χ2v) is 3.63. The van der Waals surface area contributed by atoms with Gasteiger partial charge in [-0.1, -0.05) is 11.6 Å². The molecular formula is C10H12ClFO3. The summed E-state index contributed by atoms with van der Waals surface area (Å²) < 4.78 is 18.1. The van der Waals surface area contributed by atoms with Gasteiger partial charge in [0, 0.05) is 18.1 Å². The molecule has 1 unspecified atom stereocenters. The predicted molar refractivity (Wildman–Crippen MR) is 55.0 cm³/mol. The number of aromatic hydroxyl groups is 1. The molecule has 1 aromatic carbocycles. The number of methoxy groups -OCH3 is 1. The average molecular weight is 235 g/mol. The second-order valence-electron chi connectivity index (χ2n) is 3.26. The Bertz CT molecular complexity index is 366. The molecule has 2 N–H and O–H groups in total. The summed E-state index contributed by atoms with van der Waals surface area (Å²) in [4.78, 5) is 0. The summed E-state index contributed by atoms with van der Waals surface area (Å²) in [6.45, 7) is 1.54. The average Bonchev–Trinajstić information content (AvgIpc) is 2.13. The molecule has 15 heavy (non-hydrogen) atoms. The third kappa shape index (κ3) is 2.52. The zero-order valence-electron chi connectivity index (χ0n) is 8.42. The fourth-order valence-corrected chi connectivity index (χ4v) is 1.57. The summed E-state index contributed by atoms with van der Waals surface area (Å²) in [6.07, 6.45) is -0.578. The molecule has 0 spiro atoms. The van der Waals surface area contributed by atoms with Gasteiger partial charge in [0.05, 0.1) is 18.2 Å². The van der Waals surface area contributed by atoms with E-state index >= 15 is 0 Å². The van der Waals surface area contributed by atoms with Crippen molar-refractivity contribution in [3.05, 3.63) is 22.5 Å². The third-order valence-corrected chi connectivity index (χ3v) is 2.36. The number of benzene rings is 1. The quantitative estimate of drug-likeness (QED) is 0.842. The number of halogens is 2. The molecule has 0 radical (unpaired) electrons. The second kappa shape index (κ2) is 4.68. The van der Waals surface area contributed by atoms with Crippen molar-refractivity contribution in [3.8, 4) is 11.5 Å². The van der Waals surface area contributed by atoms with Gasteiger partial charge in [-0.2, -0.15) is 0 Å². The molecule has 5 heteroatoms. The Kier molecular flexibility index (Phi) is 3.77. The molecule has 84 valence electrons. The Labute approximate surface area is 92.1 Å². The van der Waals surface area contributed by atoms with Crippen molar-refractivity contribution in [3.63, 3.8) is 0 Å². The van der Waals surface area contributed by atoms with Gasteiger partial charge in [-0.05, 0) is 6.92 Å². The van der Waals surface area contributed by atoms with Gasteiger partial charge in [0.2, 0.25) is 0 Å². The van der Waals surface area contributed by atoms with E-state index in [1.807, 2.05) is 0 Å². The Morgan fingerprint density at radius 1 is 1.60 bits per heavy atom. The van der Waals surface area contributed by atoms with Crippen LogP contribution in [0.25, 0.3) is 0 Å². The maximum atomic E-state index is 13.2. The highest BCUT2D eigenvalue weighted by molar-refractivity contribution is 6.31. The van der Waals surface area contributed by atoms with Crippen LogP contribution in [0, 0.1) is 5.82 Å². The van der Waals surface area contributed by atoms with E-state index in [1.165, 1.54) is 14.0 Å². The summed E-state index contributed by atoms with van der Waals surface area (Å²) in [5, 5.41) is 18.5. The minimum atomic E-state index is -0.731. The largest absolute Gasteiger partial charge is 0.504 e. The van der Waals surface area contributed by atoms with E-state index in [0.29, 0.717) is 0 Å². The lowest BCUT2D eigenvalue weighted by molar-refractivity contribution is 0.193. The van der Waals surface area contributed by atoms with Gasteiger partial charge in [0.15, 0.2) is 11.5 Å². The Morgan fingerprint density at radius 2 is 2.20 bits per heavy atom. The lowest BCUT2D eigenvalue weighted by Crippen LogP contribution is -2.07. The fraction of sp³-hybridized carbons (Fsp3) is 0.400. The number of ether oxygens (including phenoxy) is 1. The molecule has 1 atom stereocenters. The molecule has 1 rings (SSSR count). The highest BCUT2D eigenvalue weighted by Crippen LogP contribution is 2.37. The van der Waals surface area contributed by atoms with Crippen molar-refractivity contribution in [2.75, 3.05) is 7.11 Å². The van der Waals surface area contributed by atoms with E-state index in [-0.39, 0.29) is 28.5 Å². The van der Waals surface area contributed by atoms with E-state index in [9.17, 15) is 14.6 Å². The van der Waals surface area contributed by atoms with Crippen molar-refractivity contribution >= 4 is 11.6 Å². The van der Waals surface area contributed by atoms with Gasteiger partial charge in [-0.25, -0.2) is 4.39 Å². The first-order valence-electron chi connectivity index (χ1n) is 4.39. The zero-order valence-corrected chi connectivity index (χ0v) is 9.18. The van der Waals surface area contributed by atoms with Crippen molar-refractivity contribution in [2.24, 2.45) is 0 Å². The smallest absolute Gasteiger partial charge is 0.165 e. The zero-order chi connectivity index (χ0) is 11.6. The molecule has 0 bridgehead atoms. The van der Waals surface area contributed by atoms with Gasteiger partial charge >= 0.3 is 0 Å². The van der Waals surface area contributed by atoms with Crippen LogP contribution in [0.2, 0.25) is 5.02 Å². The first-order valence-corrected chi connectivity index (χ1v) is 4.77. The Hall–Kier alpha value is -1.00. The minimum Gasteiger partial charge on any atom is -0.504 e. The lowest BCUT2D eigenvalue weighted by atomic mass is 10.1. The van der Waals surface area contributed by atoms with Crippen molar-refractivity contribution in [1.29, 1.82) is 0 Å². The highest BCUT2D eigenvalue weighted by atomic mass is 35.5. The summed E-state index contributed by atoms with van der Waals surface area (Å²) >= 11 is 5.72. The summed E-state index contributed by atoms with van der Waals surface area (Å²) in [7, 11) is 1.34. The first kappa shape index (κ1) is 12.1. The topological polar surface area (TPSA) is 49.7 Å². The molecule has 0 aliphatic heterocycles. The van der Waals surface area contributed by atoms with Crippen LogP contribution in [-0.4, -0.2) is 23.4 Å². The molecular weight excluding hydrogens is 223 g/mol. The van der Waals surface area contributed by atoms with Crippen LogP contribution in [-0.2, 0) is 6.42 Å². The predicted octanol–water partition coefficient (Wildman–Crippen LogP) is 2.12. The number of aliphatic hydroxyl groups excluding tert-OH is 1. The van der Waals surface area contributed by atoms with Gasteiger partial charge in [0.25, 0.3) is 0 Å². The highest BCUT2D eigenvalue weighted by Gasteiger charge is 2.18. The maximum Gasteiger partial charge on any atom is 0.165 e. The van der Waals surface area contributed by atoms with Gasteiger partial charge in [0.1, 0.15) is 5.82 Å². The van der Waals surface area contributed by atoms with Crippen molar-refractivity contribution in [1.82, 2.24) is 0 Å². The number of hydrogen-bond acceptors (Lipinski definition) is 3. The number of rotatable bonds is 3. The SMILES string of the molecule is COc1c(O)cc(F)c(Cl)c1CC(C)O. The molecule has 0 saturated heterocycles. The minimum absolute atomic E-state index is 0.0994. The van der Waals surface area contributed by atoms with E-state index in [2.05, 4.69) is 0 Å². The molecule has 0 aliphatic rings. The molecule has 0 heterocycles. The molecule has 3 nitrogen and oxygen atoms in total. The monoisotopic (exact) mass is 234 g/mol. The van der Waals surface area contributed by atoms with E-state index < -0.39 is 11.9 Å². The van der Waals surface area contributed by atoms with E-state index in [0.717, 1.165) is 6.07 Å². The van der Waals surface area contributed by atoms with Crippen molar-refractivity contribution in [2.45, 2.75) is 19.4 Å². The van der Waals surface area contributed by atoms with E-state index in [4.69, 9.17) is 16.3 Å². The Morgan fingerprint density at radius 3 is 2.67 bits per heavy atom. The van der Waals surface area contributed by atoms with Crippen molar-refractivity contribution < 1.29 is 19.3 Å². The van der Waals surface area contributed by atoms with Crippen LogP contribution in [0.3, 0.4) is 0 Å². The fourth-order valence-electron chi connectivity index (χ4n) is 1.35. The number of phenols is 1. The van der Waals surface area contributed by atoms with Crippen LogP contribution in [0.5, 0.6) is 11.5 Å². The molecule has 0 saturated carbocycles. The molecule has 0 aliphatic carbocycles. The summed E-state index contributed by atoms with van der Waals surface area (Å²) in [5.41, 5.74) is 0.270. The van der Waals surface area contributed by atoms with Crippen LogP contribution < -0.4 is 4.74 Å². The number of hydrogen-bond donors (Lipinski definition) is 2. The van der Waals surface area contributed by atoms with E-state index in [1.54, 1.807) is 0 Å².